The van der Waals surface area contributed by atoms with Crippen LogP contribution in [0.15, 0.2) is 0 Å². The Morgan fingerprint density at radius 1 is 0.367 bits per heavy atom. The number of carbonyl (C=O) groups is 12. The Morgan fingerprint density at radius 3 is 0.911 bits per heavy atom. The zero-order valence-corrected chi connectivity index (χ0v) is 44.6. The van der Waals surface area contributed by atoms with Crippen LogP contribution in [0.5, 0.6) is 0 Å². The molecule has 79 heavy (non-hydrogen) atoms. The molecule has 444 valence electrons. The molecule has 4 fully saturated rings. The maximum Gasteiger partial charge on any atom is 0.249 e. The van der Waals surface area contributed by atoms with Crippen LogP contribution in [0.25, 0.3) is 0 Å². The van der Waals surface area contributed by atoms with Gasteiger partial charge >= 0.3 is 0 Å². The van der Waals surface area contributed by atoms with E-state index < -0.39 is 193 Å². The van der Waals surface area contributed by atoms with E-state index in [0.29, 0.717) is 25.8 Å². The monoisotopic (exact) mass is 1130 g/mol. The number of amides is 12. The highest BCUT2D eigenvalue weighted by molar-refractivity contribution is 5.84. The van der Waals surface area contributed by atoms with Crippen molar-refractivity contribution in [3.8, 4) is 0 Å². The molecule has 34 heteroatoms. The molecular weight excluding hydrogens is 1060 g/mol. The van der Waals surface area contributed by atoms with Gasteiger partial charge in [-0.25, -0.2) is 0 Å². The number of unbranched alkanes of at least 4 members (excludes halogenated alkanes) is 2. The van der Waals surface area contributed by atoms with Crippen LogP contribution in [0.4, 0.5) is 0 Å². The van der Waals surface area contributed by atoms with Gasteiger partial charge < -0.3 is 114 Å². The van der Waals surface area contributed by atoms with Crippen molar-refractivity contribution >= 4 is 70.9 Å². The van der Waals surface area contributed by atoms with E-state index in [-0.39, 0.29) is 6.61 Å². The van der Waals surface area contributed by atoms with Gasteiger partial charge in [0.05, 0.1) is 24.2 Å². The van der Waals surface area contributed by atoms with E-state index in [1.807, 2.05) is 0 Å². The van der Waals surface area contributed by atoms with Crippen molar-refractivity contribution in [1.82, 2.24) is 42.5 Å². The minimum absolute atomic E-state index is 0.0185. The molecule has 4 rings (SSSR count). The fourth-order valence-electron chi connectivity index (χ4n) is 9.66. The quantitative estimate of drug-likeness (QED) is 0.0399. The number of ether oxygens (including phenoxy) is 8. The molecule has 0 aromatic carbocycles. The minimum atomic E-state index is -2.16. The smallest absolute Gasteiger partial charge is 0.249 e. The van der Waals surface area contributed by atoms with Gasteiger partial charge in [0.1, 0.15) is 48.6 Å². The van der Waals surface area contributed by atoms with Crippen molar-refractivity contribution in [2.75, 3.05) is 13.2 Å². The van der Waals surface area contributed by atoms with Gasteiger partial charge in [0.2, 0.25) is 70.9 Å². The summed E-state index contributed by atoms with van der Waals surface area (Å²) in [7, 11) is 0. The zero-order valence-electron chi connectivity index (χ0n) is 44.6. The Bertz CT molecular complexity index is 2280. The molecule has 12 amide bonds. The summed E-state index contributed by atoms with van der Waals surface area (Å²) in [6, 6.07) is -13.1. The summed E-state index contributed by atoms with van der Waals surface area (Å²) in [5.74, 6) is -11.7. The predicted octanol–water partition coefficient (Wildman–Crippen LogP) is -9.47. The topological polar surface area (TPSA) is 525 Å². The molecule has 20 atom stereocenters. The number of aliphatic hydroxyl groups is 1. The molecule has 0 radical (unpaired) electrons. The fourth-order valence-corrected chi connectivity index (χ4v) is 9.66. The van der Waals surface area contributed by atoms with E-state index in [1.165, 1.54) is 0 Å². The molecular formula is C45H73N13O21. The van der Waals surface area contributed by atoms with Crippen LogP contribution in [-0.4, -0.2) is 211 Å². The lowest BCUT2D eigenvalue weighted by Gasteiger charge is -2.52. The summed E-state index contributed by atoms with van der Waals surface area (Å²) in [4.78, 5) is 157. The third-order valence-electron chi connectivity index (χ3n) is 12.6. The number of hydrogen-bond acceptors (Lipinski definition) is 22. The number of rotatable bonds is 24. The summed E-state index contributed by atoms with van der Waals surface area (Å²) < 4.78 is 49.1. The van der Waals surface area contributed by atoms with Crippen molar-refractivity contribution in [2.45, 2.75) is 197 Å². The zero-order chi connectivity index (χ0) is 59.3. The average Bonchev–Trinajstić information content (AvgIpc) is 3.32. The van der Waals surface area contributed by atoms with Crippen LogP contribution in [0.3, 0.4) is 0 Å². The normalized spacial score (nSPS) is 34.3. The highest BCUT2D eigenvalue weighted by atomic mass is 16.8. The standard InChI is InChI=1S/C45H73N13O21/c1-14(59)51-22-26(55-18(5)63)43(76-34(30(22)67)38(47)68)73-32-24(53-16(3)61)28(57-20(7)65)45(78-36(32)40(49)70)75-33-25(54-17(4)62)29(58-21(8)66)44(79-37(33)41(50)71)74-31-23(52-15(2)60)27(56-19(6)64)42(77-35(31)39(48)69)72-13-11-9-10-12-46/h22-37,42-45,67H,9-13,46H2,1-8H3,(H2,47,68)(H2,48,69)(H2,49,70)(H2,50,71)(H,51,59)(H,52,60)(H,53,61)(H,54,62)(H,55,63)(H,56,64)(H,57,65)(H,58,66)/t22-,23-,24-,25-,26-,27-,28-,29-,30-,31-,32+,33+,34+,35+,36+,37+,42+,43+,44-,45-/m1/s1. The van der Waals surface area contributed by atoms with E-state index in [2.05, 4.69) is 42.5 Å². The summed E-state index contributed by atoms with van der Waals surface area (Å²) in [6.07, 6.45) is -21.7. The Balaban J connectivity index is 1.88. The van der Waals surface area contributed by atoms with Gasteiger partial charge in [0.25, 0.3) is 0 Å². The van der Waals surface area contributed by atoms with Gasteiger partial charge in [0, 0.05) is 62.0 Å². The van der Waals surface area contributed by atoms with Crippen molar-refractivity contribution < 1.29 is 101 Å². The number of primary amides is 4. The van der Waals surface area contributed by atoms with Crippen molar-refractivity contribution in [1.29, 1.82) is 0 Å². The number of carbonyl (C=O) groups excluding carboxylic acids is 12. The van der Waals surface area contributed by atoms with Crippen LogP contribution in [0.2, 0.25) is 0 Å². The minimum Gasteiger partial charge on any atom is -0.388 e. The average molecular weight is 1130 g/mol. The summed E-state index contributed by atoms with van der Waals surface area (Å²) in [5.41, 5.74) is 28.9. The summed E-state index contributed by atoms with van der Waals surface area (Å²) in [5, 5.41) is 31.3. The molecule has 19 N–H and O–H groups in total. The fraction of sp³-hybridized carbons (Fsp3) is 0.733. The molecule has 0 aromatic heterocycles. The Labute approximate surface area is 452 Å². The maximum absolute atomic E-state index is 13.7. The first-order valence-corrected chi connectivity index (χ1v) is 24.9. The van der Waals surface area contributed by atoms with Gasteiger partial charge in [-0.2, -0.15) is 0 Å². The van der Waals surface area contributed by atoms with Crippen LogP contribution >= 0.6 is 0 Å². The Morgan fingerprint density at radius 2 is 0.620 bits per heavy atom. The Hall–Kier alpha value is -6.76. The molecule has 0 bridgehead atoms. The van der Waals surface area contributed by atoms with E-state index in [0.717, 1.165) is 55.4 Å². The van der Waals surface area contributed by atoms with Crippen LogP contribution in [0, 0.1) is 0 Å². The van der Waals surface area contributed by atoms with E-state index in [1.54, 1.807) is 0 Å². The lowest BCUT2D eigenvalue weighted by molar-refractivity contribution is -0.327. The third kappa shape index (κ3) is 17.4. The van der Waals surface area contributed by atoms with Crippen molar-refractivity contribution in [3.05, 3.63) is 0 Å². The largest absolute Gasteiger partial charge is 0.388 e. The van der Waals surface area contributed by atoms with Gasteiger partial charge in [0.15, 0.2) is 49.6 Å². The predicted molar refractivity (Wildman–Crippen MR) is 262 cm³/mol. The molecule has 0 saturated carbocycles. The van der Waals surface area contributed by atoms with Crippen molar-refractivity contribution in [3.63, 3.8) is 0 Å². The lowest BCUT2D eigenvalue weighted by atomic mass is 9.89. The molecule has 4 heterocycles. The highest BCUT2D eigenvalue weighted by Crippen LogP contribution is 2.35. The molecule has 4 saturated heterocycles. The van der Waals surface area contributed by atoms with E-state index >= 15 is 0 Å². The van der Waals surface area contributed by atoms with Crippen LogP contribution in [-0.2, 0) is 95.4 Å². The van der Waals surface area contributed by atoms with Gasteiger partial charge in [-0.3, -0.25) is 57.5 Å². The first-order chi connectivity index (χ1) is 37.0. The number of aliphatic hydroxyl groups excluding tert-OH is 1. The second-order valence-electron chi connectivity index (χ2n) is 19.1. The van der Waals surface area contributed by atoms with Gasteiger partial charge in [-0.1, -0.05) is 0 Å². The first kappa shape index (κ1) is 64.8. The first-order valence-electron chi connectivity index (χ1n) is 24.9. The van der Waals surface area contributed by atoms with E-state index in [9.17, 15) is 62.6 Å². The van der Waals surface area contributed by atoms with Gasteiger partial charge in [-0.15, -0.1) is 0 Å². The second kappa shape index (κ2) is 28.9. The third-order valence-corrected chi connectivity index (χ3v) is 12.6. The van der Waals surface area contributed by atoms with Gasteiger partial charge in [-0.05, 0) is 25.8 Å². The van der Waals surface area contributed by atoms with Crippen LogP contribution < -0.4 is 71.2 Å². The SMILES string of the molecule is CC(=O)N[C@@H]1[C@@H](NC(C)=O)[C@@H](OCCCCCN)O[C@H](C(N)=O)[C@@H]1O[C@@H]1O[C@H](C(N)=O)[C@@H](O[C@@H]2O[C@H](C(N)=O)[C@@H](O[C@H]3O[C@H](C(N)=O)[C@H](O)[C@H](NC(C)=O)[C@H]3NC(C)=O)[C@H](NC(C)=O)[C@H]2NC(C)=O)[C@H](NC(C)=O)[C@H]1NC(C)=O. The van der Waals surface area contributed by atoms with Crippen LogP contribution in [0.1, 0.15) is 74.7 Å². The molecule has 0 spiro atoms. The molecule has 0 aromatic rings. The maximum atomic E-state index is 13.7. The van der Waals surface area contributed by atoms with E-state index in [4.69, 9.17) is 66.6 Å². The van der Waals surface area contributed by atoms with Crippen molar-refractivity contribution in [2.24, 2.45) is 28.7 Å². The summed E-state index contributed by atoms with van der Waals surface area (Å²) in [6.45, 7) is 8.80. The molecule has 0 unspecified atom stereocenters. The molecule has 34 nitrogen and oxygen atoms in total. The highest BCUT2D eigenvalue weighted by Gasteiger charge is 2.60. The molecule has 0 aliphatic carbocycles. The Kier molecular flexibility index (Phi) is 23.7. The second-order valence-corrected chi connectivity index (χ2v) is 19.1. The number of nitrogens with two attached hydrogens (primary N) is 5. The summed E-state index contributed by atoms with van der Waals surface area (Å²) >= 11 is 0. The molecule has 4 aliphatic heterocycles. The molecule has 4 aliphatic rings. The lowest BCUT2D eigenvalue weighted by Crippen LogP contribution is -2.76. The number of hydrogen-bond donors (Lipinski definition) is 14. The number of nitrogens with one attached hydrogen (secondary N) is 8.